The first kappa shape index (κ1) is 22.0. The summed E-state index contributed by atoms with van der Waals surface area (Å²) in [5.74, 6) is -6.41. The predicted octanol–water partition coefficient (Wildman–Crippen LogP) is 3.68. The van der Waals surface area contributed by atoms with Gasteiger partial charge in [-0.1, -0.05) is 29.8 Å². The molecule has 0 atom stereocenters. The summed E-state index contributed by atoms with van der Waals surface area (Å²) >= 11 is 6.23. The van der Waals surface area contributed by atoms with Crippen molar-refractivity contribution in [3.05, 3.63) is 64.6 Å². The van der Waals surface area contributed by atoms with E-state index in [4.69, 9.17) is 11.6 Å². The van der Waals surface area contributed by atoms with Crippen molar-refractivity contribution in [2.24, 2.45) is 0 Å². The van der Waals surface area contributed by atoms with E-state index in [2.05, 4.69) is 4.98 Å². The maximum atomic E-state index is 14.6. The molecule has 0 N–H and O–H groups in total. The van der Waals surface area contributed by atoms with Gasteiger partial charge in [-0.3, -0.25) is 9.78 Å². The first-order valence-electron chi connectivity index (χ1n) is 9.02. The molecule has 1 aliphatic rings. The number of fused-ring (bicyclic) bond motifs is 1. The van der Waals surface area contributed by atoms with Gasteiger partial charge in [-0.25, -0.2) is 31.3 Å². The highest BCUT2D eigenvalue weighted by Crippen LogP contribution is 2.33. The molecule has 166 valence electrons. The van der Waals surface area contributed by atoms with Crippen molar-refractivity contribution in [3.8, 4) is 0 Å². The highest BCUT2D eigenvalue weighted by Gasteiger charge is 2.41. The van der Waals surface area contributed by atoms with Gasteiger partial charge in [0.15, 0.2) is 21.5 Å². The number of benzene rings is 2. The molecule has 0 saturated carbocycles. The average Bonchev–Trinajstić information content (AvgIpc) is 2.99. The van der Waals surface area contributed by atoms with Gasteiger partial charge in [-0.2, -0.15) is 0 Å². The molecule has 7 nitrogen and oxygen atoms in total. The van der Waals surface area contributed by atoms with Crippen LogP contribution < -0.4 is 4.90 Å². The highest BCUT2D eigenvalue weighted by atomic mass is 35.5. The zero-order chi connectivity index (χ0) is 23.4. The van der Waals surface area contributed by atoms with Gasteiger partial charge >= 0.3 is 6.03 Å². The molecule has 3 aromatic rings. The number of aromatic nitrogens is 1. The van der Waals surface area contributed by atoms with Crippen LogP contribution >= 0.6 is 11.6 Å². The van der Waals surface area contributed by atoms with Gasteiger partial charge < -0.3 is 4.90 Å². The number of halogens is 4. The van der Waals surface area contributed by atoms with Gasteiger partial charge in [0.05, 0.1) is 22.8 Å². The molecule has 0 aliphatic carbocycles. The summed E-state index contributed by atoms with van der Waals surface area (Å²) in [6.45, 7) is -0.667. The minimum Gasteiger partial charge on any atom is -0.310 e. The fraction of sp³-hybridized carbons (Fsp3) is 0.150. The third-order valence-corrected chi connectivity index (χ3v) is 6.37. The number of amides is 3. The lowest BCUT2D eigenvalue weighted by molar-refractivity contribution is -0.116. The van der Waals surface area contributed by atoms with Gasteiger partial charge in [-0.05, 0) is 6.07 Å². The predicted molar refractivity (Wildman–Crippen MR) is 109 cm³/mol. The molecule has 32 heavy (non-hydrogen) atoms. The van der Waals surface area contributed by atoms with E-state index < -0.39 is 56.4 Å². The second kappa shape index (κ2) is 7.75. The van der Waals surface area contributed by atoms with Gasteiger partial charge in [0.2, 0.25) is 0 Å². The number of urea groups is 1. The summed E-state index contributed by atoms with van der Waals surface area (Å²) in [6, 6.07) is 6.20. The lowest BCUT2D eigenvalue weighted by Gasteiger charge is -2.19. The van der Waals surface area contributed by atoms with Gasteiger partial charge in [-0.15, -0.1) is 0 Å². The van der Waals surface area contributed by atoms with Crippen LogP contribution in [0.2, 0.25) is 5.02 Å². The second-order valence-corrected chi connectivity index (χ2v) is 9.44. The number of sulfone groups is 1. The summed E-state index contributed by atoms with van der Waals surface area (Å²) in [5, 5.41) is 0.850. The summed E-state index contributed by atoms with van der Waals surface area (Å²) in [6.07, 6.45) is 1.89. The zero-order valence-corrected chi connectivity index (χ0v) is 17.8. The summed E-state index contributed by atoms with van der Waals surface area (Å²) in [4.78, 5) is 29.3. The third-order valence-electron chi connectivity index (χ3n) is 4.93. The number of imide groups is 1. The highest BCUT2D eigenvalue weighted by molar-refractivity contribution is 7.90. The van der Waals surface area contributed by atoms with E-state index >= 15 is 0 Å². The fourth-order valence-electron chi connectivity index (χ4n) is 3.50. The van der Waals surface area contributed by atoms with E-state index in [0.717, 1.165) is 4.90 Å². The Morgan fingerprint density at radius 2 is 1.81 bits per heavy atom. The van der Waals surface area contributed by atoms with Gasteiger partial charge in [0.1, 0.15) is 17.3 Å². The number of nitrogens with zero attached hydrogens (tertiary/aromatic N) is 3. The number of anilines is 1. The number of pyridine rings is 1. The average molecular weight is 484 g/mol. The molecule has 1 saturated heterocycles. The van der Waals surface area contributed by atoms with Crippen molar-refractivity contribution in [2.75, 3.05) is 17.7 Å². The lowest BCUT2D eigenvalue weighted by Crippen LogP contribution is -2.34. The molecule has 2 aromatic carbocycles. The quantitative estimate of drug-likeness (QED) is 0.417. The van der Waals surface area contributed by atoms with Crippen molar-refractivity contribution in [3.63, 3.8) is 0 Å². The minimum absolute atomic E-state index is 0.156. The van der Waals surface area contributed by atoms with Crippen molar-refractivity contribution in [2.45, 2.75) is 11.4 Å². The molecular weight excluding hydrogens is 471 g/mol. The Balaban J connectivity index is 1.73. The Morgan fingerprint density at radius 3 is 2.50 bits per heavy atom. The molecule has 12 heteroatoms. The fourth-order valence-corrected chi connectivity index (χ4v) is 4.54. The number of hydrogen-bond acceptors (Lipinski definition) is 5. The largest absolute Gasteiger partial charge is 0.332 e. The Morgan fingerprint density at radius 1 is 1.12 bits per heavy atom. The van der Waals surface area contributed by atoms with E-state index in [9.17, 15) is 31.2 Å². The van der Waals surface area contributed by atoms with Crippen LogP contribution in [-0.4, -0.2) is 43.0 Å². The van der Waals surface area contributed by atoms with Crippen LogP contribution in [0.4, 0.5) is 23.7 Å². The standard InChI is InChI=1S/C20H13ClF3N3O4S/c1-32(30,31)19-13(22)6-15(17(23)18(19)24)27-16(28)9-26(20(27)29)8-11-10-4-2-3-5-14(10)25-7-12(11)21/h2-7H,8-9H2,1H3. The number of carbonyl (C=O) groups is 2. The first-order valence-corrected chi connectivity index (χ1v) is 11.3. The van der Waals surface area contributed by atoms with Gasteiger partial charge in [0.25, 0.3) is 5.91 Å². The smallest absolute Gasteiger partial charge is 0.310 e. The molecular formula is C20H13ClF3N3O4S. The Labute approximate surface area is 184 Å². The molecule has 1 aromatic heterocycles. The summed E-state index contributed by atoms with van der Waals surface area (Å²) in [5.41, 5.74) is 0.0504. The van der Waals surface area contributed by atoms with Crippen LogP contribution in [-0.2, 0) is 21.2 Å². The molecule has 0 bridgehead atoms. The van der Waals surface area contributed by atoms with Crippen LogP contribution in [0, 0.1) is 17.5 Å². The number of carbonyl (C=O) groups excluding carboxylic acids is 2. The van der Waals surface area contributed by atoms with Gasteiger partial charge in [0, 0.05) is 29.5 Å². The SMILES string of the molecule is CS(=O)(=O)c1c(F)cc(N2C(=O)CN(Cc3c(Cl)cnc4ccccc34)C2=O)c(F)c1F. The van der Waals surface area contributed by atoms with Crippen LogP contribution in [0.15, 0.2) is 41.4 Å². The van der Waals surface area contributed by atoms with E-state index in [1.54, 1.807) is 24.3 Å². The van der Waals surface area contributed by atoms with Crippen molar-refractivity contribution in [1.82, 2.24) is 9.88 Å². The van der Waals surface area contributed by atoms with Crippen molar-refractivity contribution in [1.29, 1.82) is 0 Å². The Bertz CT molecular complexity index is 1410. The molecule has 0 spiro atoms. The monoisotopic (exact) mass is 483 g/mol. The first-order chi connectivity index (χ1) is 15.0. The normalized spacial score (nSPS) is 14.7. The minimum atomic E-state index is -4.44. The van der Waals surface area contributed by atoms with Crippen molar-refractivity contribution >= 4 is 50.0 Å². The van der Waals surface area contributed by atoms with Crippen LogP contribution in [0.25, 0.3) is 10.9 Å². The molecule has 3 amide bonds. The molecule has 0 unspecified atom stereocenters. The van der Waals surface area contributed by atoms with E-state index in [1.807, 2.05) is 0 Å². The molecule has 1 fully saturated rings. The Hall–Kier alpha value is -3.18. The summed E-state index contributed by atoms with van der Waals surface area (Å²) < 4.78 is 66.3. The maximum absolute atomic E-state index is 14.6. The summed E-state index contributed by atoms with van der Waals surface area (Å²) in [7, 11) is -4.44. The van der Waals surface area contributed by atoms with Crippen LogP contribution in [0.5, 0.6) is 0 Å². The van der Waals surface area contributed by atoms with Crippen LogP contribution in [0.1, 0.15) is 5.56 Å². The maximum Gasteiger partial charge on any atom is 0.332 e. The molecule has 0 radical (unpaired) electrons. The molecule has 2 heterocycles. The van der Waals surface area contributed by atoms with E-state index in [1.165, 1.54) is 6.20 Å². The van der Waals surface area contributed by atoms with Crippen molar-refractivity contribution < 1.29 is 31.2 Å². The topological polar surface area (TPSA) is 87.7 Å². The van der Waals surface area contributed by atoms with Crippen LogP contribution in [0.3, 0.4) is 0 Å². The Kier molecular flexibility index (Phi) is 5.33. The number of hydrogen-bond donors (Lipinski definition) is 0. The third kappa shape index (κ3) is 3.56. The van der Waals surface area contributed by atoms with E-state index in [-0.39, 0.29) is 16.5 Å². The number of rotatable bonds is 4. The zero-order valence-electron chi connectivity index (χ0n) is 16.3. The molecule has 4 rings (SSSR count). The lowest BCUT2D eigenvalue weighted by atomic mass is 10.1. The number of para-hydroxylation sites is 1. The van der Waals surface area contributed by atoms with E-state index in [0.29, 0.717) is 28.8 Å². The second-order valence-electron chi connectivity index (χ2n) is 7.08. The molecule has 1 aliphatic heterocycles.